The molecule has 0 aliphatic carbocycles. The van der Waals surface area contributed by atoms with Crippen molar-refractivity contribution in [3.63, 3.8) is 0 Å². The van der Waals surface area contributed by atoms with Gasteiger partial charge in [-0.05, 0) is 24.6 Å². The van der Waals surface area contributed by atoms with Crippen molar-refractivity contribution >= 4 is 39.8 Å². The van der Waals surface area contributed by atoms with E-state index >= 15 is 0 Å². The van der Waals surface area contributed by atoms with Gasteiger partial charge in [0.05, 0.1) is 22.4 Å². The molecule has 0 radical (unpaired) electrons. The van der Waals surface area contributed by atoms with Crippen LogP contribution in [0.5, 0.6) is 0 Å². The van der Waals surface area contributed by atoms with Crippen LogP contribution in [0.25, 0.3) is 10.9 Å². The molecule has 0 amide bonds. The largest absolute Gasteiger partial charge is 0.397 e. The van der Waals surface area contributed by atoms with Crippen molar-refractivity contribution in [2.24, 2.45) is 0 Å². The van der Waals surface area contributed by atoms with Gasteiger partial charge in [0.2, 0.25) is 0 Å². The first kappa shape index (κ1) is 9.56. The molecule has 2 rings (SSSR count). The van der Waals surface area contributed by atoms with Crippen LogP contribution in [0, 0.1) is 6.92 Å². The lowest BCUT2D eigenvalue weighted by atomic mass is 10.1. The Kier molecular flexibility index (Phi) is 2.25. The van der Waals surface area contributed by atoms with Gasteiger partial charge >= 0.3 is 0 Å². The molecule has 0 saturated heterocycles. The Morgan fingerprint density at radius 1 is 1.29 bits per heavy atom. The van der Waals surface area contributed by atoms with Gasteiger partial charge in [-0.25, -0.2) is 0 Å². The average molecular weight is 227 g/mol. The molecule has 0 saturated carbocycles. The van der Waals surface area contributed by atoms with Crippen LogP contribution in [0.1, 0.15) is 5.56 Å². The summed E-state index contributed by atoms with van der Waals surface area (Å²) in [5.74, 6) is 0. The average Bonchev–Trinajstić information content (AvgIpc) is 2.16. The standard InChI is InChI=1S/C10H8Cl2N2/c1-5-8(11)3-9-7(10(5)12)2-6(13)4-14-9/h2-4H,13H2,1H3. The van der Waals surface area contributed by atoms with E-state index in [9.17, 15) is 0 Å². The molecule has 2 N–H and O–H groups in total. The zero-order valence-electron chi connectivity index (χ0n) is 7.51. The smallest absolute Gasteiger partial charge is 0.0733 e. The van der Waals surface area contributed by atoms with E-state index in [1.807, 2.05) is 6.92 Å². The summed E-state index contributed by atoms with van der Waals surface area (Å²) in [5.41, 5.74) is 7.84. The number of fused-ring (bicyclic) bond motifs is 1. The molecule has 72 valence electrons. The first-order valence-electron chi connectivity index (χ1n) is 4.09. The number of pyridine rings is 1. The number of halogens is 2. The monoisotopic (exact) mass is 226 g/mol. The Bertz CT molecular complexity index is 509. The van der Waals surface area contributed by atoms with Gasteiger partial charge in [-0.1, -0.05) is 23.2 Å². The predicted octanol–water partition coefficient (Wildman–Crippen LogP) is 3.43. The van der Waals surface area contributed by atoms with Crippen molar-refractivity contribution in [3.05, 3.63) is 33.9 Å². The van der Waals surface area contributed by atoms with Crippen molar-refractivity contribution in [1.82, 2.24) is 4.98 Å². The number of hydrogen-bond donors (Lipinski definition) is 1. The van der Waals surface area contributed by atoms with Crippen LogP contribution in [0.2, 0.25) is 10.0 Å². The van der Waals surface area contributed by atoms with Gasteiger partial charge in [0, 0.05) is 10.4 Å². The second-order valence-corrected chi connectivity index (χ2v) is 3.92. The highest BCUT2D eigenvalue weighted by molar-refractivity contribution is 6.39. The maximum Gasteiger partial charge on any atom is 0.0733 e. The van der Waals surface area contributed by atoms with Crippen LogP contribution in [0.15, 0.2) is 18.3 Å². The Labute approximate surface area is 91.6 Å². The van der Waals surface area contributed by atoms with Gasteiger partial charge in [-0.2, -0.15) is 0 Å². The Hall–Kier alpha value is -0.990. The molecule has 2 aromatic rings. The van der Waals surface area contributed by atoms with Crippen LogP contribution in [-0.4, -0.2) is 4.98 Å². The number of rotatable bonds is 0. The van der Waals surface area contributed by atoms with Crippen molar-refractivity contribution in [3.8, 4) is 0 Å². The fraction of sp³-hybridized carbons (Fsp3) is 0.100. The highest BCUT2D eigenvalue weighted by Gasteiger charge is 2.07. The zero-order valence-corrected chi connectivity index (χ0v) is 9.02. The van der Waals surface area contributed by atoms with Gasteiger partial charge in [0.1, 0.15) is 0 Å². The maximum absolute atomic E-state index is 6.12. The number of hydrogen-bond acceptors (Lipinski definition) is 2. The van der Waals surface area contributed by atoms with Crippen molar-refractivity contribution < 1.29 is 0 Å². The molecular formula is C10H8Cl2N2. The number of nitrogen functional groups attached to an aromatic ring is 1. The summed E-state index contributed by atoms with van der Waals surface area (Å²) in [5, 5.41) is 2.08. The lowest BCUT2D eigenvalue weighted by Crippen LogP contribution is -1.89. The minimum atomic E-state index is 0.598. The van der Waals surface area contributed by atoms with E-state index in [-0.39, 0.29) is 0 Å². The second kappa shape index (κ2) is 3.30. The van der Waals surface area contributed by atoms with Gasteiger partial charge < -0.3 is 5.73 Å². The van der Waals surface area contributed by atoms with Gasteiger partial charge in [0.15, 0.2) is 0 Å². The molecular weight excluding hydrogens is 219 g/mol. The third-order valence-corrected chi connectivity index (χ3v) is 3.01. The Morgan fingerprint density at radius 3 is 2.71 bits per heavy atom. The quantitative estimate of drug-likeness (QED) is 0.748. The van der Waals surface area contributed by atoms with Gasteiger partial charge in [-0.3, -0.25) is 4.98 Å². The van der Waals surface area contributed by atoms with Crippen LogP contribution < -0.4 is 5.73 Å². The normalized spacial score (nSPS) is 10.8. The third kappa shape index (κ3) is 1.41. The molecule has 0 fully saturated rings. The van der Waals surface area contributed by atoms with Crippen molar-refractivity contribution in [1.29, 1.82) is 0 Å². The highest BCUT2D eigenvalue weighted by Crippen LogP contribution is 2.32. The minimum absolute atomic E-state index is 0.598. The second-order valence-electron chi connectivity index (χ2n) is 3.13. The van der Waals surface area contributed by atoms with E-state index in [2.05, 4.69) is 4.98 Å². The minimum Gasteiger partial charge on any atom is -0.397 e. The van der Waals surface area contributed by atoms with Gasteiger partial charge in [0.25, 0.3) is 0 Å². The van der Waals surface area contributed by atoms with E-state index in [0.717, 1.165) is 16.5 Å². The summed E-state index contributed by atoms with van der Waals surface area (Å²) in [6, 6.07) is 3.59. The molecule has 1 aromatic heterocycles. The fourth-order valence-electron chi connectivity index (χ4n) is 1.32. The number of aromatic nitrogens is 1. The van der Waals surface area contributed by atoms with Crippen LogP contribution in [-0.2, 0) is 0 Å². The molecule has 0 aliphatic heterocycles. The zero-order chi connectivity index (χ0) is 10.3. The highest BCUT2D eigenvalue weighted by atomic mass is 35.5. The molecule has 0 unspecified atom stereocenters. The molecule has 1 aromatic carbocycles. The summed E-state index contributed by atoms with van der Waals surface area (Å²) in [6.45, 7) is 1.87. The number of anilines is 1. The molecule has 0 bridgehead atoms. The Balaban J connectivity index is 2.92. The summed E-state index contributed by atoms with van der Waals surface area (Å²) in [4.78, 5) is 4.15. The van der Waals surface area contributed by atoms with E-state index in [4.69, 9.17) is 28.9 Å². The predicted molar refractivity (Wildman–Crippen MR) is 60.9 cm³/mol. The van der Waals surface area contributed by atoms with E-state index in [1.54, 1.807) is 18.3 Å². The van der Waals surface area contributed by atoms with E-state index in [1.165, 1.54) is 0 Å². The summed E-state index contributed by atoms with van der Waals surface area (Å²) < 4.78 is 0. The first-order valence-corrected chi connectivity index (χ1v) is 4.85. The molecule has 2 nitrogen and oxygen atoms in total. The number of nitrogens with zero attached hydrogens (tertiary/aromatic N) is 1. The molecule has 0 atom stereocenters. The topological polar surface area (TPSA) is 38.9 Å². The Morgan fingerprint density at radius 2 is 2.00 bits per heavy atom. The molecule has 4 heteroatoms. The van der Waals surface area contributed by atoms with Crippen LogP contribution in [0.3, 0.4) is 0 Å². The summed E-state index contributed by atoms with van der Waals surface area (Å²) >= 11 is 12.1. The van der Waals surface area contributed by atoms with Crippen molar-refractivity contribution in [2.45, 2.75) is 6.92 Å². The summed E-state index contributed by atoms with van der Waals surface area (Å²) in [7, 11) is 0. The molecule has 0 spiro atoms. The maximum atomic E-state index is 6.12. The lowest BCUT2D eigenvalue weighted by Gasteiger charge is -2.06. The third-order valence-electron chi connectivity index (χ3n) is 2.13. The van der Waals surface area contributed by atoms with E-state index in [0.29, 0.717) is 15.7 Å². The first-order chi connectivity index (χ1) is 6.59. The lowest BCUT2D eigenvalue weighted by molar-refractivity contribution is 1.39. The van der Waals surface area contributed by atoms with Crippen molar-refractivity contribution in [2.75, 3.05) is 5.73 Å². The molecule has 1 heterocycles. The fourth-order valence-corrected chi connectivity index (χ4v) is 1.82. The van der Waals surface area contributed by atoms with Crippen LogP contribution in [0.4, 0.5) is 5.69 Å². The molecule has 0 aliphatic rings. The number of nitrogens with two attached hydrogens (primary N) is 1. The van der Waals surface area contributed by atoms with E-state index < -0.39 is 0 Å². The van der Waals surface area contributed by atoms with Gasteiger partial charge in [-0.15, -0.1) is 0 Å². The molecule has 14 heavy (non-hydrogen) atoms. The number of benzene rings is 1. The summed E-state index contributed by atoms with van der Waals surface area (Å²) in [6.07, 6.45) is 1.59. The van der Waals surface area contributed by atoms with Crippen LogP contribution >= 0.6 is 23.2 Å². The SMILES string of the molecule is Cc1c(Cl)cc2ncc(N)cc2c1Cl.